The summed E-state index contributed by atoms with van der Waals surface area (Å²) in [6.45, 7) is 1.09. The van der Waals surface area contributed by atoms with Crippen molar-refractivity contribution in [2.75, 3.05) is 42.1 Å². The number of esters is 1. The van der Waals surface area contributed by atoms with E-state index in [2.05, 4.69) is 15.4 Å². The lowest BCUT2D eigenvalue weighted by atomic mass is 9.94. The molecule has 1 atom stereocenters. The Morgan fingerprint density at radius 2 is 1.64 bits per heavy atom. The van der Waals surface area contributed by atoms with E-state index in [4.69, 9.17) is 23.4 Å². The monoisotopic (exact) mass is 644 g/mol. The van der Waals surface area contributed by atoms with E-state index in [-0.39, 0.29) is 24.5 Å². The van der Waals surface area contributed by atoms with Gasteiger partial charge in [0.2, 0.25) is 23.0 Å². The molecule has 0 aliphatic heterocycles. The maximum absolute atomic E-state index is 14.1. The van der Waals surface area contributed by atoms with Crippen LogP contribution in [-0.4, -0.2) is 59.9 Å². The molecular formula is C35H36N2O10. The zero-order valence-electron chi connectivity index (χ0n) is 27.0. The van der Waals surface area contributed by atoms with Crippen LogP contribution in [0.15, 0.2) is 51.7 Å². The number of amides is 2. The number of aryl methyl sites for hydroxylation is 1. The molecular weight excluding hydrogens is 608 g/mol. The molecule has 0 fully saturated rings. The Morgan fingerprint density at radius 3 is 2.26 bits per heavy atom. The first-order valence-electron chi connectivity index (χ1n) is 14.8. The molecule has 3 aromatic carbocycles. The van der Waals surface area contributed by atoms with E-state index >= 15 is 0 Å². The lowest BCUT2D eigenvalue weighted by molar-refractivity contribution is -0.141. The smallest absolute Gasteiger partial charge is 0.325 e. The molecule has 1 aliphatic carbocycles. The molecule has 0 bridgehead atoms. The average molecular weight is 645 g/mol. The van der Waals surface area contributed by atoms with Gasteiger partial charge in [0.15, 0.2) is 17.1 Å². The number of carbonyl (C=O) groups is 3. The standard InChI is InChI=1S/C35H36N2O10/c1-18(38)37-26-12-9-20-13-28(43-3)34(45-5)35(46-6)31(20)23-14-24-25(16-29(40)36-17-30(41)44-4)32(19-7-10-21(42-2)11-8-19)47-33(24)27(39)15-22(23)26/h7-8,10-11,13-15,26H,9,12,16-17H2,1-6H3,(H,36,40)(H,37,38)/t26-/m0/s1. The van der Waals surface area contributed by atoms with Gasteiger partial charge in [0.05, 0.1) is 48.0 Å². The summed E-state index contributed by atoms with van der Waals surface area (Å²) in [6, 6.07) is 11.6. The van der Waals surface area contributed by atoms with Crippen molar-refractivity contribution < 1.29 is 42.5 Å². The van der Waals surface area contributed by atoms with Gasteiger partial charge in [0, 0.05) is 29.0 Å². The predicted molar refractivity (Wildman–Crippen MR) is 173 cm³/mol. The van der Waals surface area contributed by atoms with Gasteiger partial charge < -0.3 is 38.7 Å². The highest BCUT2D eigenvalue weighted by Crippen LogP contribution is 2.51. The summed E-state index contributed by atoms with van der Waals surface area (Å²) in [4.78, 5) is 51.4. The van der Waals surface area contributed by atoms with Crippen molar-refractivity contribution in [2.45, 2.75) is 32.2 Å². The lowest BCUT2D eigenvalue weighted by Gasteiger charge is -2.20. The van der Waals surface area contributed by atoms with Crippen LogP contribution in [-0.2, 0) is 32.0 Å². The number of rotatable bonds is 10. The third-order valence-corrected chi connectivity index (χ3v) is 8.14. The van der Waals surface area contributed by atoms with Crippen LogP contribution in [0, 0.1) is 0 Å². The topological polar surface area (TPSA) is 152 Å². The lowest BCUT2D eigenvalue weighted by Crippen LogP contribution is -2.31. The van der Waals surface area contributed by atoms with E-state index < -0.39 is 23.3 Å². The molecule has 1 aliphatic rings. The molecule has 0 spiro atoms. The van der Waals surface area contributed by atoms with Gasteiger partial charge in [-0.3, -0.25) is 19.2 Å². The Labute approximate surface area is 270 Å². The van der Waals surface area contributed by atoms with Crippen LogP contribution in [0.4, 0.5) is 0 Å². The first kappa shape index (κ1) is 32.9. The molecule has 1 heterocycles. The highest BCUT2D eigenvalue weighted by molar-refractivity contribution is 5.97. The van der Waals surface area contributed by atoms with Crippen molar-refractivity contribution in [1.29, 1.82) is 0 Å². The Balaban J connectivity index is 1.86. The minimum Gasteiger partial charge on any atom is -0.497 e. The number of nitrogens with one attached hydrogen (secondary N) is 2. The van der Waals surface area contributed by atoms with Gasteiger partial charge in [0.25, 0.3) is 0 Å². The van der Waals surface area contributed by atoms with Crippen molar-refractivity contribution in [2.24, 2.45) is 0 Å². The summed E-state index contributed by atoms with van der Waals surface area (Å²) in [7, 11) is 7.33. The summed E-state index contributed by atoms with van der Waals surface area (Å²) in [5.41, 5.74) is 3.22. The summed E-state index contributed by atoms with van der Waals surface area (Å²) in [5, 5.41) is 5.94. The van der Waals surface area contributed by atoms with E-state index in [9.17, 15) is 19.2 Å². The molecule has 246 valence electrons. The van der Waals surface area contributed by atoms with Crippen molar-refractivity contribution in [3.05, 3.63) is 69.4 Å². The van der Waals surface area contributed by atoms with Gasteiger partial charge >= 0.3 is 5.97 Å². The fourth-order valence-corrected chi connectivity index (χ4v) is 6.00. The van der Waals surface area contributed by atoms with Gasteiger partial charge in [0.1, 0.15) is 18.1 Å². The maximum atomic E-state index is 14.1. The van der Waals surface area contributed by atoms with Crippen LogP contribution in [0.3, 0.4) is 0 Å². The van der Waals surface area contributed by atoms with E-state index in [0.717, 1.165) is 5.56 Å². The highest BCUT2D eigenvalue weighted by atomic mass is 16.5. The normalized spacial score (nSPS) is 13.4. The summed E-state index contributed by atoms with van der Waals surface area (Å²) in [5.74, 6) is 0.762. The van der Waals surface area contributed by atoms with Crippen LogP contribution in [0.5, 0.6) is 23.0 Å². The molecule has 12 nitrogen and oxygen atoms in total. The second-order valence-corrected chi connectivity index (χ2v) is 10.9. The van der Waals surface area contributed by atoms with Gasteiger partial charge in [-0.1, -0.05) is 0 Å². The van der Waals surface area contributed by atoms with Crippen LogP contribution in [0.1, 0.15) is 36.1 Å². The second-order valence-electron chi connectivity index (χ2n) is 10.9. The van der Waals surface area contributed by atoms with Crippen LogP contribution < -0.4 is 35.0 Å². The van der Waals surface area contributed by atoms with Crippen molar-refractivity contribution in [1.82, 2.24) is 10.6 Å². The molecule has 1 aromatic heterocycles. The molecule has 4 aromatic rings. The number of fused-ring (bicyclic) bond motifs is 4. The van der Waals surface area contributed by atoms with E-state index in [1.807, 2.05) is 6.07 Å². The fourth-order valence-electron chi connectivity index (χ4n) is 6.00. The molecule has 5 rings (SSSR count). The van der Waals surface area contributed by atoms with Crippen LogP contribution in [0.25, 0.3) is 33.4 Å². The van der Waals surface area contributed by atoms with Gasteiger partial charge in [-0.25, -0.2) is 0 Å². The fraction of sp³-hybridized carbons (Fsp3) is 0.314. The Kier molecular flexibility index (Phi) is 9.69. The number of hydrogen-bond acceptors (Lipinski definition) is 10. The number of hydrogen-bond donors (Lipinski definition) is 2. The molecule has 47 heavy (non-hydrogen) atoms. The minimum absolute atomic E-state index is 0.0160. The quantitative estimate of drug-likeness (QED) is 0.241. The first-order valence-corrected chi connectivity index (χ1v) is 14.8. The highest BCUT2D eigenvalue weighted by Gasteiger charge is 2.31. The SMILES string of the molecule is COC(=O)CNC(=O)Cc1c(-c2ccc(OC)cc2)oc2c(=O)cc3c(cc12)-c1c(cc(OC)c(OC)c1OC)CC[C@@H]3NC(C)=O. The van der Waals surface area contributed by atoms with Crippen molar-refractivity contribution in [3.8, 4) is 45.4 Å². The zero-order valence-corrected chi connectivity index (χ0v) is 27.0. The number of methoxy groups -OCH3 is 5. The molecule has 2 amide bonds. The minimum atomic E-state index is -0.610. The van der Waals surface area contributed by atoms with E-state index in [1.54, 1.807) is 37.4 Å². The number of benzene rings is 2. The van der Waals surface area contributed by atoms with Crippen molar-refractivity contribution in [3.63, 3.8) is 0 Å². The van der Waals surface area contributed by atoms with Crippen molar-refractivity contribution >= 4 is 28.8 Å². The number of furan rings is 1. The molecule has 0 unspecified atom stereocenters. The van der Waals surface area contributed by atoms with E-state index in [0.29, 0.717) is 74.8 Å². The molecule has 12 heteroatoms. The van der Waals surface area contributed by atoms with Gasteiger partial charge in [-0.05, 0) is 72.0 Å². The van der Waals surface area contributed by atoms with Gasteiger partial charge in [-0.2, -0.15) is 0 Å². The third-order valence-electron chi connectivity index (χ3n) is 8.14. The zero-order chi connectivity index (χ0) is 33.8. The third kappa shape index (κ3) is 6.44. The largest absolute Gasteiger partial charge is 0.497 e. The van der Waals surface area contributed by atoms with E-state index in [1.165, 1.54) is 41.4 Å². The van der Waals surface area contributed by atoms with Gasteiger partial charge in [-0.15, -0.1) is 0 Å². The summed E-state index contributed by atoms with van der Waals surface area (Å²) >= 11 is 0. The molecule has 2 N–H and O–H groups in total. The summed E-state index contributed by atoms with van der Waals surface area (Å²) < 4.78 is 33.5. The molecule has 0 radical (unpaired) electrons. The Bertz CT molecular complexity index is 1910. The predicted octanol–water partition coefficient (Wildman–Crippen LogP) is 4.12. The molecule has 0 saturated carbocycles. The number of ether oxygens (including phenoxy) is 5. The Hall–Kier alpha value is -5.52. The van der Waals surface area contributed by atoms with Crippen LogP contribution >= 0.6 is 0 Å². The Morgan fingerprint density at radius 1 is 0.915 bits per heavy atom. The summed E-state index contributed by atoms with van der Waals surface area (Å²) in [6.07, 6.45) is 0.759. The average Bonchev–Trinajstić information content (AvgIpc) is 3.27. The maximum Gasteiger partial charge on any atom is 0.325 e. The van der Waals surface area contributed by atoms with Crippen LogP contribution in [0.2, 0.25) is 0 Å². The molecule has 0 saturated heterocycles. The number of carbonyl (C=O) groups excluding carboxylic acids is 3. The first-order chi connectivity index (χ1) is 22.6. The second kappa shape index (κ2) is 13.9.